The fraction of sp³-hybridized carbons (Fsp3) is 0.738. The van der Waals surface area contributed by atoms with Gasteiger partial charge >= 0.3 is 11.9 Å². The van der Waals surface area contributed by atoms with Gasteiger partial charge in [-0.25, -0.2) is 4.79 Å². The Labute approximate surface area is 300 Å². The Morgan fingerprint density at radius 3 is 1.80 bits per heavy atom. The number of carbonyl (C=O) groups is 3. The first kappa shape index (κ1) is 46.3. The van der Waals surface area contributed by atoms with Gasteiger partial charge < -0.3 is 20.9 Å². The lowest BCUT2D eigenvalue weighted by atomic mass is 10.1. The van der Waals surface area contributed by atoms with Gasteiger partial charge in [-0.15, -0.1) is 0 Å². The van der Waals surface area contributed by atoms with Crippen molar-refractivity contribution in [3.8, 4) is 0 Å². The third-order valence-electron chi connectivity index (χ3n) is 8.61. The van der Waals surface area contributed by atoms with E-state index < -0.39 is 12.0 Å². The van der Waals surface area contributed by atoms with E-state index >= 15 is 0 Å². The van der Waals surface area contributed by atoms with Crippen molar-refractivity contribution in [3.63, 3.8) is 0 Å². The third-order valence-corrected chi connectivity index (χ3v) is 8.61. The molecule has 0 aliphatic carbocycles. The zero-order valence-electron chi connectivity index (χ0n) is 31.5. The number of carbonyl (C=O) groups excluding carboxylic acids is 2. The minimum absolute atomic E-state index is 0.123. The number of carboxylic acid groups (broad SMARTS) is 1. The van der Waals surface area contributed by atoms with E-state index in [1.165, 1.54) is 64.2 Å². The normalized spacial score (nSPS) is 13.2. The Hall–Kier alpha value is -2.67. The quantitative estimate of drug-likeness (QED) is 0.0347. The number of hydrogen-bond acceptors (Lipinski definition) is 5. The van der Waals surface area contributed by atoms with Crippen LogP contribution in [0.2, 0.25) is 0 Å². The van der Waals surface area contributed by atoms with E-state index in [1.54, 1.807) is 0 Å². The minimum Gasteiger partial charge on any atom is -0.480 e. The molecule has 0 aromatic heterocycles. The number of aliphatic carboxylic acids is 1. The minimum atomic E-state index is -1.02. The van der Waals surface area contributed by atoms with E-state index in [0.717, 1.165) is 70.6 Å². The lowest BCUT2D eigenvalue weighted by Crippen LogP contribution is -2.40. The maximum Gasteiger partial charge on any atom is 0.326 e. The molecule has 1 amide bonds. The summed E-state index contributed by atoms with van der Waals surface area (Å²) in [5.41, 5.74) is 5.47. The van der Waals surface area contributed by atoms with Gasteiger partial charge in [0.2, 0.25) is 5.91 Å². The molecular formula is C42H74N2O5. The number of rotatable bonds is 35. The highest BCUT2D eigenvalue weighted by Gasteiger charge is 2.19. The Balaban J connectivity index is 4.33. The molecule has 7 heteroatoms. The highest BCUT2D eigenvalue weighted by Crippen LogP contribution is 2.15. The molecule has 2 unspecified atom stereocenters. The van der Waals surface area contributed by atoms with Crippen LogP contribution in [0.15, 0.2) is 48.6 Å². The third kappa shape index (κ3) is 33.6. The number of allylic oxidation sites excluding steroid dienone is 7. The summed E-state index contributed by atoms with van der Waals surface area (Å²) in [4.78, 5) is 36.2. The molecule has 0 aromatic rings. The number of carboxylic acids is 1. The van der Waals surface area contributed by atoms with Gasteiger partial charge in [-0.3, -0.25) is 9.59 Å². The van der Waals surface area contributed by atoms with E-state index in [4.69, 9.17) is 10.5 Å². The van der Waals surface area contributed by atoms with Gasteiger partial charge in [0, 0.05) is 12.8 Å². The number of esters is 1. The number of nitrogens with two attached hydrogens (primary N) is 1. The first-order chi connectivity index (χ1) is 23.9. The standard InChI is InChI=1S/C42H74N2O5/c1-3-5-7-9-11-13-14-15-16-17-18-19-20-22-24-30-36-41(46)49-38(32-27-23-21-12-10-8-6-4-2)33-28-25-26-29-35-40(45)44-39(42(47)48)34-31-37-43/h6,8,12,16-17,21,27,32,38-39H,3-5,7,9-11,13-15,18-20,22-26,28-31,33-37,43H2,1-2H3,(H,44,45)(H,47,48)/b8-6-,17-16-,21-12-,32-27-. The monoisotopic (exact) mass is 687 g/mol. The second-order valence-corrected chi connectivity index (χ2v) is 13.3. The van der Waals surface area contributed by atoms with Crippen LogP contribution in [-0.2, 0) is 19.1 Å². The van der Waals surface area contributed by atoms with E-state index in [0.29, 0.717) is 38.6 Å². The summed E-state index contributed by atoms with van der Waals surface area (Å²) >= 11 is 0. The zero-order valence-corrected chi connectivity index (χ0v) is 31.5. The fourth-order valence-corrected chi connectivity index (χ4v) is 5.61. The van der Waals surface area contributed by atoms with Gasteiger partial charge in [0.05, 0.1) is 0 Å². The SMILES string of the molecule is CC/C=C\C/C=C\C/C=C\C(CCCCCCC(=O)NC(CCCN)C(=O)O)OC(=O)CCCCCCC/C=C\CCCCCCCCC. The van der Waals surface area contributed by atoms with Crippen molar-refractivity contribution in [2.24, 2.45) is 5.73 Å². The Bertz CT molecular complexity index is 911. The summed E-state index contributed by atoms with van der Waals surface area (Å²) in [5, 5.41) is 11.9. The molecule has 0 aliphatic heterocycles. The molecule has 0 aromatic carbocycles. The Morgan fingerprint density at radius 1 is 0.633 bits per heavy atom. The highest BCUT2D eigenvalue weighted by molar-refractivity contribution is 5.83. The van der Waals surface area contributed by atoms with Crippen LogP contribution in [0.4, 0.5) is 0 Å². The van der Waals surface area contributed by atoms with E-state index in [2.05, 4.69) is 61.7 Å². The summed E-state index contributed by atoms with van der Waals surface area (Å²) in [7, 11) is 0. The van der Waals surface area contributed by atoms with Crippen molar-refractivity contribution < 1.29 is 24.2 Å². The molecule has 0 saturated carbocycles. The van der Waals surface area contributed by atoms with E-state index in [1.807, 2.05) is 6.08 Å². The van der Waals surface area contributed by atoms with Crippen molar-refractivity contribution in [2.75, 3.05) is 6.54 Å². The lowest BCUT2D eigenvalue weighted by molar-refractivity contribution is -0.147. The fourth-order valence-electron chi connectivity index (χ4n) is 5.61. The average Bonchev–Trinajstić information content (AvgIpc) is 3.08. The molecule has 0 saturated heterocycles. The average molecular weight is 687 g/mol. The molecule has 49 heavy (non-hydrogen) atoms. The second-order valence-electron chi connectivity index (χ2n) is 13.3. The topological polar surface area (TPSA) is 119 Å². The largest absolute Gasteiger partial charge is 0.480 e. The van der Waals surface area contributed by atoms with Crippen LogP contribution in [0.3, 0.4) is 0 Å². The maximum atomic E-state index is 12.7. The van der Waals surface area contributed by atoms with Crippen LogP contribution >= 0.6 is 0 Å². The molecule has 0 bridgehead atoms. The predicted octanol–water partition coefficient (Wildman–Crippen LogP) is 10.8. The molecule has 0 radical (unpaired) electrons. The van der Waals surface area contributed by atoms with Crippen LogP contribution in [-0.4, -0.2) is 41.6 Å². The van der Waals surface area contributed by atoms with Gasteiger partial charge in [-0.05, 0) is 96.1 Å². The molecule has 0 fully saturated rings. The number of hydrogen-bond donors (Lipinski definition) is 3. The zero-order chi connectivity index (χ0) is 36.0. The molecule has 7 nitrogen and oxygen atoms in total. The Kier molecular flexibility index (Phi) is 34.6. The first-order valence-electron chi connectivity index (χ1n) is 20.0. The van der Waals surface area contributed by atoms with Crippen LogP contribution in [0, 0.1) is 0 Å². The van der Waals surface area contributed by atoms with Gasteiger partial charge in [-0.2, -0.15) is 0 Å². The molecule has 2 atom stereocenters. The van der Waals surface area contributed by atoms with Crippen molar-refractivity contribution in [3.05, 3.63) is 48.6 Å². The molecule has 0 heterocycles. The number of ether oxygens (including phenoxy) is 1. The number of amides is 1. The maximum absolute atomic E-state index is 12.7. The van der Waals surface area contributed by atoms with Gasteiger partial charge in [0.1, 0.15) is 12.1 Å². The summed E-state index contributed by atoms with van der Waals surface area (Å²) < 4.78 is 5.88. The van der Waals surface area contributed by atoms with Crippen LogP contribution in [0.5, 0.6) is 0 Å². The van der Waals surface area contributed by atoms with Crippen LogP contribution in [0.25, 0.3) is 0 Å². The van der Waals surface area contributed by atoms with Gasteiger partial charge in [0.25, 0.3) is 0 Å². The summed E-state index contributed by atoms with van der Waals surface area (Å²) in [5.74, 6) is -1.38. The first-order valence-corrected chi connectivity index (χ1v) is 20.0. The van der Waals surface area contributed by atoms with Crippen molar-refractivity contribution in [1.82, 2.24) is 5.32 Å². The van der Waals surface area contributed by atoms with Gasteiger partial charge in [-0.1, -0.05) is 127 Å². The van der Waals surface area contributed by atoms with Gasteiger partial charge in [0.15, 0.2) is 0 Å². The summed E-state index contributed by atoms with van der Waals surface area (Å²) in [6.45, 7) is 4.79. The second kappa shape index (κ2) is 36.6. The lowest BCUT2D eigenvalue weighted by Gasteiger charge is -2.15. The molecule has 282 valence electrons. The smallest absolute Gasteiger partial charge is 0.326 e. The predicted molar refractivity (Wildman–Crippen MR) is 206 cm³/mol. The van der Waals surface area contributed by atoms with Crippen LogP contribution in [0.1, 0.15) is 181 Å². The van der Waals surface area contributed by atoms with E-state index in [9.17, 15) is 19.5 Å². The van der Waals surface area contributed by atoms with E-state index in [-0.39, 0.29) is 18.0 Å². The Morgan fingerprint density at radius 2 is 1.18 bits per heavy atom. The number of unbranched alkanes of at least 4 members (excludes halogenated alkanes) is 15. The molecule has 0 rings (SSSR count). The molecule has 0 spiro atoms. The van der Waals surface area contributed by atoms with Crippen LogP contribution < -0.4 is 11.1 Å². The molecule has 4 N–H and O–H groups in total. The van der Waals surface area contributed by atoms with Crippen molar-refractivity contribution in [1.29, 1.82) is 0 Å². The number of nitrogens with one attached hydrogen (secondary N) is 1. The summed E-state index contributed by atoms with van der Waals surface area (Å²) in [6, 6.07) is -0.877. The van der Waals surface area contributed by atoms with Crippen molar-refractivity contribution in [2.45, 2.75) is 193 Å². The highest BCUT2D eigenvalue weighted by atomic mass is 16.5. The molecular weight excluding hydrogens is 612 g/mol. The van der Waals surface area contributed by atoms with Crippen molar-refractivity contribution >= 4 is 17.8 Å². The molecule has 0 aliphatic rings. The summed E-state index contributed by atoms with van der Waals surface area (Å²) in [6.07, 6.45) is 43.2.